The number of alkyl carbamates (subject to hydrolysis) is 1. The first-order chi connectivity index (χ1) is 16.9. The summed E-state index contributed by atoms with van der Waals surface area (Å²) in [5.74, 6) is -1.05. The zero-order valence-electron chi connectivity index (χ0n) is 23.6. The van der Waals surface area contributed by atoms with Crippen molar-refractivity contribution in [2.24, 2.45) is 0 Å². The predicted molar refractivity (Wildman–Crippen MR) is 146 cm³/mol. The molecule has 2 aromatic rings. The molecular formula is C29H41N3O5. The molecule has 8 nitrogen and oxygen atoms in total. The fourth-order valence-electron chi connectivity index (χ4n) is 4.10. The van der Waals surface area contributed by atoms with Crippen LogP contribution >= 0.6 is 0 Å². The van der Waals surface area contributed by atoms with E-state index in [1.807, 2.05) is 32.0 Å². The van der Waals surface area contributed by atoms with Crippen LogP contribution in [0.1, 0.15) is 76.8 Å². The number of carbonyl (C=O) groups excluding carboxylic acids is 3. The van der Waals surface area contributed by atoms with E-state index in [-0.39, 0.29) is 11.3 Å². The molecule has 2 unspecified atom stereocenters. The van der Waals surface area contributed by atoms with Crippen LogP contribution < -0.4 is 10.6 Å². The van der Waals surface area contributed by atoms with Gasteiger partial charge in [-0.25, -0.2) is 4.79 Å². The second kappa shape index (κ2) is 11.2. The Hall–Kier alpha value is -3.55. The predicted octanol–water partition coefficient (Wildman–Crippen LogP) is 5.54. The number of nitrogens with one attached hydrogen (secondary N) is 2. The number of rotatable bonds is 6. The largest absolute Gasteiger partial charge is 0.507 e. The average Bonchev–Trinajstić information content (AvgIpc) is 2.74. The van der Waals surface area contributed by atoms with Gasteiger partial charge in [0.2, 0.25) is 5.91 Å². The zero-order valence-corrected chi connectivity index (χ0v) is 23.6. The minimum atomic E-state index is -1.19. The number of nitrogens with zero attached hydrogens (tertiary/aromatic N) is 1. The number of anilines is 1. The first kappa shape index (κ1) is 29.7. The van der Waals surface area contributed by atoms with Crippen molar-refractivity contribution in [1.82, 2.24) is 10.2 Å². The molecule has 0 saturated carbocycles. The van der Waals surface area contributed by atoms with E-state index in [4.69, 9.17) is 4.74 Å². The molecule has 0 aromatic heterocycles. The van der Waals surface area contributed by atoms with Crippen molar-refractivity contribution in [2.75, 3.05) is 5.32 Å². The normalized spacial score (nSPS) is 13.4. The Morgan fingerprint density at radius 3 is 1.92 bits per heavy atom. The van der Waals surface area contributed by atoms with Gasteiger partial charge in [-0.1, -0.05) is 36.4 Å². The van der Waals surface area contributed by atoms with Gasteiger partial charge in [0.05, 0.1) is 0 Å². The van der Waals surface area contributed by atoms with Crippen LogP contribution in [0.4, 0.5) is 10.5 Å². The topological polar surface area (TPSA) is 108 Å². The van der Waals surface area contributed by atoms with E-state index in [2.05, 4.69) is 10.6 Å². The maximum absolute atomic E-state index is 14.0. The van der Waals surface area contributed by atoms with Crippen LogP contribution in [-0.2, 0) is 14.3 Å². The van der Waals surface area contributed by atoms with Crippen LogP contribution in [0.15, 0.2) is 36.4 Å². The van der Waals surface area contributed by atoms with Crippen LogP contribution in [-0.4, -0.2) is 45.1 Å². The zero-order chi connectivity index (χ0) is 28.3. The second-order valence-electron chi connectivity index (χ2n) is 11.4. The van der Waals surface area contributed by atoms with Gasteiger partial charge in [0.15, 0.2) is 0 Å². The molecule has 0 bridgehead atoms. The number of hydrogen-bond acceptors (Lipinski definition) is 5. The summed E-state index contributed by atoms with van der Waals surface area (Å²) in [6.45, 7) is 17.7. The molecule has 2 aromatic carbocycles. The van der Waals surface area contributed by atoms with Crippen molar-refractivity contribution in [1.29, 1.82) is 0 Å². The number of ether oxygens (including phenoxy) is 1. The van der Waals surface area contributed by atoms with E-state index in [0.29, 0.717) is 11.3 Å². The smallest absolute Gasteiger partial charge is 0.408 e. The van der Waals surface area contributed by atoms with E-state index in [0.717, 1.165) is 11.1 Å². The molecule has 3 amide bonds. The highest BCUT2D eigenvalue weighted by atomic mass is 16.6. The molecule has 37 heavy (non-hydrogen) atoms. The third kappa shape index (κ3) is 7.47. The van der Waals surface area contributed by atoms with Crippen LogP contribution in [0.2, 0.25) is 0 Å². The van der Waals surface area contributed by atoms with Gasteiger partial charge in [-0.05, 0) is 85.9 Å². The Kier molecular flexibility index (Phi) is 9.01. The number of hydrogen-bond donors (Lipinski definition) is 3. The summed E-state index contributed by atoms with van der Waals surface area (Å²) in [4.78, 5) is 41.7. The first-order valence-corrected chi connectivity index (χ1v) is 12.4. The molecule has 0 heterocycles. The van der Waals surface area contributed by atoms with Crippen molar-refractivity contribution in [3.05, 3.63) is 58.7 Å². The van der Waals surface area contributed by atoms with Gasteiger partial charge in [0.1, 0.15) is 23.4 Å². The van der Waals surface area contributed by atoms with E-state index < -0.39 is 41.1 Å². The van der Waals surface area contributed by atoms with Crippen molar-refractivity contribution < 1.29 is 24.2 Å². The number of aromatic hydroxyl groups is 1. The van der Waals surface area contributed by atoms with Crippen LogP contribution in [0.5, 0.6) is 5.75 Å². The maximum Gasteiger partial charge on any atom is 0.408 e. The van der Waals surface area contributed by atoms with Gasteiger partial charge in [-0.3, -0.25) is 9.59 Å². The minimum Gasteiger partial charge on any atom is -0.507 e. The summed E-state index contributed by atoms with van der Waals surface area (Å²) in [7, 11) is 0. The Morgan fingerprint density at radius 1 is 0.892 bits per heavy atom. The van der Waals surface area contributed by atoms with Gasteiger partial charge in [-0.2, -0.15) is 0 Å². The highest BCUT2D eigenvalue weighted by molar-refractivity contribution is 6.00. The number of phenolic OH excluding ortho intramolecular Hbond substituents is 1. The van der Waals surface area contributed by atoms with Gasteiger partial charge in [-0.15, -0.1) is 0 Å². The van der Waals surface area contributed by atoms with Crippen molar-refractivity contribution in [2.45, 2.75) is 92.5 Å². The summed E-state index contributed by atoms with van der Waals surface area (Å²) >= 11 is 0. The molecule has 8 heteroatoms. The van der Waals surface area contributed by atoms with E-state index in [1.165, 1.54) is 4.90 Å². The monoisotopic (exact) mass is 511 g/mol. The molecule has 0 radical (unpaired) electrons. The lowest BCUT2D eigenvalue weighted by Gasteiger charge is -2.42. The molecule has 0 spiro atoms. The quantitative estimate of drug-likeness (QED) is 0.472. The van der Waals surface area contributed by atoms with Crippen molar-refractivity contribution in [3.63, 3.8) is 0 Å². The Morgan fingerprint density at radius 2 is 1.41 bits per heavy atom. The third-order valence-corrected chi connectivity index (χ3v) is 5.86. The Labute approximate surface area is 220 Å². The SMILES string of the molecule is Cc1cccc(C(C(=O)Nc2c(C)cccc2C)N(C(=O)C(C)NC(=O)OC(C)(C)C)C(C)(C)C)c1O. The summed E-state index contributed by atoms with van der Waals surface area (Å²) in [6.07, 6.45) is -0.739. The molecule has 3 N–H and O–H groups in total. The standard InChI is InChI=1S/C29H41N3O5/c1-17-13-11-14-18(2)22(17)31-25(34)23(21-16-12-15-19(3)24(21)33)32(28(5,6)7)26(35)20(4)30-27(36)37-29(8,9)10/h11-16,20,23,33H,1-10H3,(H,30,36)(H,31,34). The highest BCUT2D eigenvalue weighted by Gasteiger charge is 2.42. The average molecular weight is 512 g/mol. The molecule has 0 saturated heterocycles. The molecule has 0 aliphatic rings. The second-order valence-corrected chi connectivity index (χ2v) is 11.4. The first-order valence-electron chi connectivity index (χ1n) is 12.4. The van der Waals surface area contributed by atoms with Crippen LogP contribution in [0.25, 0.3) is 0 Å². The number of amides is 3. The number of phenols is 1. The number of para-hydroxylation sites is 2. The third-order valence-electron chi connectivity index (χ3n) is 5.86. The van der Waals surface area contributed by atoms with Gasteiger partial charge < -0.3 is 25.4 Å². The van der Waals surface area contributed by atoms with E-state index >= 15 is 0 Å². The van der Waals surface area contributed by atoms with E-state index in [9.17, 15) is 19.5 Å². The van der Waals surface area contributed by atoms with Crippen LogP contribution in [0, 0.1) is 20.8 Å². The molecule has 202 valence electrons. The maximum atomic E-state index is 14.0. The van der Waals surface area contributed by atoms with Crippen molar-refractivity contribution in [3.8, 4) is 5.75 Å². The number of benzene rings is 2. The molecule has 0 aliphatic heterocycles. The summed E-state index contributed by atoms with van der Waals surface area (Å²) in [6, 6.07) is 8.59. The van der Waals surface area contributed by atoms with Crippen LogP contribution in [0.3, 0.4) is 0 Å². The molecular weight excluding hydrogens is 470 g/mol. The Balaban J connectivity index is 2.60. The van der Waals surface area contributed by atoms with Gasteiger partial charge >= 0.3 is 6.09 Å². The number of aryl methyl sites for hydroxylation is 3. The van der Waals surface area contributed by atoms with Crippen molar-refractivity contribution >= 4 is 23.6 Å². The summed E-state index contributed by atoms with van der Waals surface area (Å²) in [5, 5.41) is 16.6. The fraction of sp³-hybridized carbons (Fsp3) is 0.483. The lowest BCUT2D eigenvalue weighted by atomic mass is 9.93. The van der Waals surface area contributed by atoms with E-state index in [1.54, 1.807) is 73.6 Å². The lowest BCUT2D eigenvalue weighted by Crippen LogP contribution is -2.57. The minimum absolute atomic E-state index is 0.0704. The molecule has 2 atom stereocenters. The summed E-state index contributed by atoms with van der Waals surface area (Å²) in [5.41, 5.74) is 1.65. The number of carbonyl (C=O) groups is 3. The van der Waals surface area contributed by atoms with Gasteiger partial charge in [0.25, 0.3) is 5.91 Å². The molecule has 0 fully saturated rings. The molecule has 2 rings (SSSR count). The summed E-state index contributed by atoms with van der Waals surface area (Å²) < 4.78 is 5.32. The van der Waals surface area contributed by atoms with Gasteiger partial charge in [0, 0.05) is 16.8 Å². The Bertz CT molecular complexity index is 1140. The fourth-order valence-corrected chi connectivity index (χ4v) is 4.10. The highest BCUT2D eigenvalue weighted by Crippen LogP contribution is 2.37. The molecule has 0 aliphatic carbocycles. The lowest BCUT2D eigenvalue weighted by molar-refractivity contribution is -0.146.